The van der Waals surface area contributed by atoms with E-state index in [0.29, 0.717) is 11.3 Å². The smallest absolute Gasteiger partial charge is 0.300 e. The fraction of sp³-hybridized carbons (Fsp3) is 0.0833. The van der Waals surface area contributed by atoms with Crippen LogP contribution in [0.15, 0.2) is 78.4 Å². The Morgan fingerprint density at radius 1 is 1.00 bits per heavy atom. The van der Waals surface area contributed by atoms with Crippen LogP contribution >= 0.6 is 0 Å². The van der Waals surface area contributed by atoms with Gasteiger partial charge in [0.25, 0.3) is 17.4 Å². The van der Waals surface area contributed by atoms with Crippen LogP contribution in [0.4, 0.5) is 11.4 Å². The van der Waals surface area contributed by atoms with Gasteiger partial charge in [-0.1, -0.05) is 36.4 Å². The molecule has 0 spiro atoms. The lowest BCUT2D eigenvalue weighted by molar-refractivity contribution is -0.384. The van der Waals surface area contributed by atoms with E-state index in [2.05, 4.69) is 0 Å². The van der Waals surface area contributed by atoms with Crippen molar-refractivity contribution in [1.82, 2.24) is 0 Å². The molecule has 1 heterocycles. The van der Waals surface area contributed by atoms with E-state index >= 15 is 0 Å². The summed E-state index contributed by atoms with van der Waals surface area (Å²) in [4.78, 5) is 37.9. The molecule has 0 aliphatic carbocycles. The molecule has 4 rings (SSSR count). The molecule has 1 aliphatic rings. The van der Waals surface area contributed by atoms with E-state index in [1.54, 1.807) is 30.3 Å². The average molecular weight is 430 g/mol. The van der Waals surface area contributed by atoms with Crippen molar-refractivity contribution in [3.63, 3.8) is 0 Å². The summed E-state index contributed by atoms with van der Waals surface area (Å²) in [5.74, 6) is -2.39. The van der Waals surface area contributed by atoms with Gasteiger partial charge >= 0.3 is 0 Å². The molecule has 1 fully saturated rings. The monoisotopic (exact) mass is 430 g/mol. The molecule has 160 valence electrons. The number of aliphatic hydroxyl groups excluding tert-OH is 1. The molecule has 1 aliphatic heterocycles. The maximum atomic E-state index is 13.1. The minimum atomic E-state index is -1.04. The van der Waals surface area contributed by atoms with Crippen LogP contribution in [-0.4, -0.2) is 26.8 Å². The second-order valence-electron chi connectivity index (χ2n) is 7.41. The zero-order valence-electron chi connectivity index (χ0n) is 16.9. The Hall–Kier alpha value is -4.46. The van der Waals surface area contributed by atoms with Crippen molar-refractivity contribution < 1.29 is 24.7 Å². The van der Waals surface area contributed by atoms with Gasteiger partial charge in [0.15, 0.2) is 0 Å². The SMILES string of the molecule is Cc1cccc(N2C(=O)C(=O)/C(=C(\O)c3cccc([N+](=O)[O-])c3)C2c2cccc(O)c2)c1. The summed E-state index contributed by atoms with van der Waals surface area (Å²) in [5.41, 5.74) is 1.25. The van der Waals surface area contributed by atoms with E-state index in [4.69, 9.17) is 0 Å². The van der Waals surface area contributed by atoms with Crippen molar-refractivity contribution in [2.75, 3.05) is 4.90 Å². The van der Waals surface area contributed by atoms with Crippen LogP contribution in [0.3, 0.4) is 0 Å². The van der Waals surface area contributed by atoms with Crippen molar-refractivity contribution in [1.29, 1.82) is 0 Å². The summed E-state index contributed by atoms with van der Waals surface area (Å²) < 4.78 is 0. The predicted octanol–water partition coefficient (Wildman–Crippen LogP) is 4.24. The Morgan fingerprint density at radius 2 is 1.72 bits per heavy atom. The zero-order chi connectivity index (χ0) is 23.0. The number of amides is 1. The van der Waals surface area contributed by atoms with Gasteiger partial charge in [0.2, 0.25) is 0 Å². The van der Waals surface area contributed by atoms with Gasteiger partial charge < -0.3 is 10.2 Å². The van der Waals surface area contributed by atoms with Gasteiger partial charge in [0, 0.05) is 23.4 Å². The molecular weight excluding hydrogens is 412 g/mol. The molecule has 0 aromatic heterocycles. The van der Waals surface area contributed by atoms with Crippen molar-refractivity contribution in [2.45, 2.75) is 13.0 Å². The van der Waals surface area contributed by atoms with Gasteiger partial charge in [-0.3, -0.25) is 24.6 Å². The van der Waals surface area contributed by atoms with E-state index in [1.807, 2.05) is 13.0 Å². The number of nitro groups is 1. The minimum Gasteiger partial charge on any atom is -0.508 e. The summed E-state index contributed by atoms with van der Waals surface area (Å²) in [6.07, 6.45) is 0. The number of benzene rings is 3. The Kier molecular flexibility index (Phi) is 5.19. The topological polar surface area (TPSA) is 121 Å². The number of non-ortho nitro benzene ring substituents is 1. The molecule has 8 nitrogen and oxygen atoms in total. The van der Waals surface area contributed by atoms with E-state index in [0.717, 1.165) is 11.6 Å². The summed E-state index contributed by atoms with van der Waals surface area (Å²) in [5, 5.41) is 32.2. The minimum absolute atomic E-state index is 0.0339. The third kappa shape index (κ3) is 3.58. The number of nitro benzene ring substituents is 1. The van der Waals surface area contributed by atoms with Gasteiger partial charge in [-0.25, -0.2) is 0 Å². The van der Waals surface area contributed by atoms with Gasteiger partial charge in [-0.2, -0.15) is 0 Å². The molecule has 32 heavy (non-hydrogen) atoms. The lowest BCUT2D eigenvalue weighted by atomic mass is 9.94. The highest BCUT2D eigenvalue weighted by Crippen LogP contribution is 2.43. The number of ketones is 1. The maximum absolute atomic E-state index is 13.1. The number of rotatable bonds is 4. The Bertz CT molecular complexity index is 1300. The highest BCUT2D eigenvalue weighted by molar-refractivity contribution is 6.51. The third-order valence-corrected chi connectivity index (χ3v) is 5.24. The predicted molar refractivity (Wildman–Crippen MR) is 117 cm³/mol. The fourth-order valence-electron chi connectivity index (χ4n) is 3.81. The van der Waals surface area contributed by atoms with Gasteiger partial charge in [0.05, 0.1) is 16.5 Å². The molecule has 0 radical (unpaired) electrons. The molecule has 1 atom stereocenters. The van der Waals surface area contributed by atoms with Crippen LogP contribution in [0.25, 0.3) is 5.76 Å². The number of hydrogen-bond acceptors (Lipinski definition) is 6. The first-order valence-electron chi connectivity index (χ1n) is 9.69. The Labute approximate surface area is 182 Å². The molecule has 0 bridgehead atoms. The number of phenols is 1. The Balaban J connectivity index is 1.97. The van der Waals surface area contributed by atoms with E-state index in [1.165, 1.54) is 35.2 Å². The number of Topliss-reactive ketones (excluding diaryl/α,β-unsaturated/α-hetero) is 1. The van der Waals surface area contributed by atoms with Gasteiger partial charge in [0.1, 0.15) is 11.5 Å². The zero-order valence-corrected chi connectivity index (χ0v) is 16.9. The maximum Gasteiger partial charge on any atom is 0.300 e. The molecule has 0 saturated carbocycles. The van der Waals surface area contributed by atoms with E-state index in [-0.39, 0.29) is 22.6 Å². The number of carbonyl (C=O) groups is 2. The number of hydrogen-bond donors (Lipinski definition) is 2. The number of aryl methyl sites for hydroxylation is 1. The van der Waals surface area contributed by atoms with Crippen molar-refractivity contribution >= 4 is 28.8 Å². The highest BCUT2D eigenvalue weighted by atomic mass is 16.6. The first kappa shape index (κ1) is 20.8. The Morgan fingerprint density at radius 3 is 2.41 bits per heavy atom. The second kappa shape index (κ2) is 7.99. The van der Waals surface area contributed by atoms with Crippen LogP contribution in [0, 0.1) is 17.0 Å². The number of nitrogens with zero attached hydrogens (tertiary/aromatic N) is 2. The first-order valence-corrected chi connectivity index (χ1v) is 9.69. The quantitative estimate of drug-likeness (QED) is 0.210. The molecule has 1 unspecified atom stereocenters. The van der Waals surface area contributed by atoms with Gasteiger partial charge in [-0.15, -0.1) is 0 Å². The molecule has 1 amide bonds. The number of carbonyl (C=O) groups excluding carboxylic acids is 2. The number of anilines is 1. The fourth-order valence-corrected chi connectivity index (χ4v) is 3.81. The molecular formula is C24H18N2O6. The summed E-state index contributed by atoms with van der Waals surface area (Å²) in [7, 11) is 0. The van der Waals surface area contributed by atoms with E-state index < -0.39 is 28.4 Å². The molecule has 2 N–H and O–H groups in total. The summed E-state index contributed by atoms with van der Waals surface area (Å²) in [6.45, 7) is 1.84. The lowest BCUT2D eigenvalue weighted by Crippen LogP contribution is -2.29. The molecule has 3 aromatic rings. The summed E-state index contributed by atoms with van der Waals surface area (Å²) >= 11 is 0. The van der Waals surface area contributed by atoms with Crippen LogP contribution in [0.2, 0.25) is 0 Å². The normalized spacial score (nSPS) is 17.5. The van der Waals surface area contributed by atoms with Crippen molar-refractivity contribution in [3.8, 4) is 5.75 Å². The molecule has 1 saturated heterocycles. The van der Waals surface area contributed by atoms with Crippen LogP contribution < -0.4 is 4.90 Å². The van der Waals surface area contributed by atoms with Crippen LogP contribution in [-0.2, 0) is 9.59 Å². The average Bonchev–Trinajstić information content (AvgIpc) is 3.04. The largest absolute Gasteiger partial charge is 0.508 e. The van der Waals surface area contributed by atoms with Crippen LogP contribution in [0.5, 0.6) is 5.75 Å². The highest BCUT2D eigenvalue weighted by Gasteiger charge is 2.47. The van der Waals surface area contributed by atoms with E-state index in [9.17, 15) is 29.9 Å². The number of phenolic OH excluding ortho intramolecular Hbond substituents is 1. The van der Waals surface area contributed by atoms with Gasteiger partial charge in [-0.05, 0) is 42.3 Å². The van der Waals surface area contributed by atoms with Crippen LogP contribution in [0.1, 0.15) is 22.7 Å². The molecule has 8 heteroatoms. The summed E-state index contributed by atoms with van der Waals surface area (Å²) in [6, 6.07) is 17.2. The number of aliphatic hydroxyl groups is 1. The number of aromatic hydroxyl groups is 1. The first-order chi connectivity index (χ1) is 15.3. The van der Waals surface area contributed by atoms with Crippen molar-refractivity contribution in [2.24, 2.45) is 0 Å². The second-order valence-corrected chi connectivity index (χ2v) is 7.41. The molecule has 3 aromatic carbocycles. The lowest BCUT2D eigenvalue weighted by Gasteiger charge is -2.25. The standard InChI is InChI=1S/C24H18N2O6/c1-14-5-2-8-17(11-14)25-21(15-6-4-10-19(27)13-15)20(23(29)24(25)30)22(28)16-7-3-9-18(12-16)26(31)32/h2-13,21,27-28H,1H3/b22-20-. The van der Waals surface area contributed by atoms with Crippen molar-refractivity contribution in [3.05, 3.63) is 105 Å². The third-order valence-electron chi connectivity index (χ3n) is 5.24.